The van der Waals surface area contributed by atoms with Crippen LogP contribution >= 0.6 is 0 Å². The SMILES string of the molecule is OCCCNC1CCC2CCCCC2C1. The van der Waals surface area contributed by atoms with Crippen LogP contribution in [0.4, 0.5) is 0 Å². The summed E-state index contributed by atoms with van der Waals surface area (Å²) in [6, 6.07) is 0.746. The second-order valence-corrected chi connectivity index (χ2v) is 5.35. The molecule has 2 nitrogen and oxygen atoms in total. The molecule has 0 aromatic rings. The zero-order valence-corrected chi connectivity index (χ0v) is 9.75. The normalized spacial score (nSPS) is 36.2. The van der Waals surface area contributed by atoms with Crippen LogP contribution in [0.5, 0.6) is 0 Å². The summed E-state index contributed by atoms with van der Waals surface area (Å²) in [5.74, 6) is 2.06. The molecule has 15 heavy (non-hydrogen) atoms. The highest BCUT2D eigenvalue weighted by molar-refractivity contribution is 4.85. The Morgan fingerprint density at radius 3 is 2.60 bits per heavy atom. The number of hydrogen-bond acceptors (Lipinski definition) is 2. The summed E-state index contributed by atoms with van der Waals surface area (Å²) in [4.78, 5) is 0. The van der Waals surface area contributed by atoms with Crippen LogP contribution in [0.1, 0.15) is 51.4 Å². The van der Waals surface area contributed by atoms with E-state index in [-0.39, 0.29) is 0 Å². The fourth-order valence-corrected chi connectivity index (χ4v) is 3.44. The van der Waals surface area contributed by atoms with Crippen LogP contribution in [0, 0.1) is 11.8 Å². The second kappa shape index (κ2) is 5.86. The molecule has 0 spiro atoms. The Kier molecular flexibility index (Phi) is 4.45. The maximum Gasteiger partial charge on any atom is 0.0443 e. The van der Waals surface area contributed by atoms with E-state index in [4.69, 9.17) is 5.11 Å². The molecule has 2 aliphatic rings. The monoisotopic (exact) mass is 211 g/mol. The molecule has 0 aromatic heterocycles. The van der Waals surface area contributed by atoms with Gasteiger partial charge in [0.1, 0.15) is 0 Å². The molecule has 3 unspecified atom stereocenters. The van der Waals surface area contributed by atoms with Gasteiger partial charge in [0, 0.05) is 12.6 Å². The summed E-state index contributed by atoms with van der Waals surface area (Å²) in [7, 11) is 0. The van der Waals surface area contributed by atoms with Crippen molar-refractivity contribution in [2.24, 2.45) is 11.8 Å². The number of nitrogens with one attached hydrogen (secondary N) is 1. The van der Waals surface area contributed by atoms with Gasteiger partial charge in [0.15, 0.2) is 0 Å². The topological polar surface area (TPSA) is 32.3 Å². The van der Waals surface area contributed by atoms with Crippen LogP contribution in [-0.4, -0.2) is 24.3 Å². The molecule has 2 saturated carbocycles. The largest absolute Gasteiger partial charge is 0.396 e. The van der Waals surface area contributed by atoms with E-state index < -0.39 is 0 Å². The lowest BCUT2D eigenvalue weighted by molar-refractivity contribution is 0.142. The van der Waals surface area contributed by atoms with Crippen molar-refractivity contribution in [3.05, 3.63) is 0 Å². The Bertz CT molecular complexity index is 181. The average Bonchev–Trinajstić information content (AvgIpc) is 2.29. The fourth-order valence-electron chi connectivity index (χ4n) is 3.44. The van der Waals surface area contributed by atoms with E-state index in [0.29, 0.717) is 6.61 Å². The zero-order valence-electron chi connectivity index (χ0n) is 9.75. The van der Waals surface area contributed by atoms with Gasteiger partial charge >= 0.3 is 0 Å². The first-order valence-electron chi connectivity index (χ1n) is 6.74. The first kappa shape index (κ1) is 11.4. The first-order valence-corrected chi connectivity index (χ1v) is 6.74. The number of aliphatic hydroxyl groups is 1. The highest BCUT2D eigenvalue weighted by Crippen LogP contribution is 2.40. The average molecular weight is 211 g/mol. The molecule has 3 atom stereocenters. The lowest BCUT2D eigenvalue weighted by Crippen LogP contribution is -2.39. The van der Waals surface area contributed by atoms with E-state index in [2.05, 4.69) is 5.32 Å². The van der Waals surface area contributed by atoms with Crippen LogP contribution in [0.15, 0.2) is 0 Å². The Morgan fingerprint density at radius 2 is 1.80 bits per heavy atom. The Hall–Kier alpha value is -0.0800. The van der Waals surface area contributed by atoms with Crippen molar-refractivity contribution in [3.8, 4) is 0 Å². The fraction of sp³-hybridized carbons (Fsp3) is 1.00. The van der Waals surface area contributed by atoms with E-state index in [1.54, 1.807) is 0 Å². The minimum absolute atomic E-state index is 0.325. The molecule has 2 rings (SSSR count). The van der Waals surface area contributed by atoms with E-state index in [1.807, 2.05) is 0 Å². The number of aliphatic hydroxyl groups excluding tert-OH is 1. The van der Waals surface area contributed by atoms with Gasteiger partial charge in [0.25, 0.3) is 0 Å². The maximum absolute atomic E-state index is 8.74. The van der Waals surface area contributed by atoms with Gasteiger partial charge in [-0.25, -0.2) is 0 Å². The maximum atomic E-state index is 8.74. The van der Waals surface area contributed by atoms with Gasteiger partial charge in [0.05, 0.1) is 0 Å². The predicted molar refractivity (Wildman–Crippen MR) is 62.8 cm³/mol. The molecule has 0 aromatic carbocycles. The van der Waals surface area contributed by atoms with Gasteiger partial charge in [0.2, 0.25) is 0 Å². The summed E-state index contributed by atoms with van der Waals surface area (Å²) in [6.45, 7) is 1.32. The minimum atomic E-state index is 0.325. The van der Waals surface area contributed by atoms with Crippen molar-refractivity contribution in [1.82, 2.24) is 5.32 Å². The second-order valence-electron chi connectivity index (χ2n) is 5.35. The molecule has 2 heteroatoms. The first-order chi connectivity index (χ1) is 7.40. The van der Waals surface area contributed by atoms with E-state index in [9.17, 15) is 0 Å². The van der Waals surface area contributed by atoms with E-state index in [0.717, 1.165) is 30.8 Å². The third kappa shape index (κ3) is 3.18. The molecule has 0 radical (unpaired) electrons. The molecule has 2 fully saturated rings. The summed E-state index contributed by atoms with van der Waals surface area (Å²) < 4.78 is 0. The predicted octanol–water partition coefficient (Wildman–Crippen LogP) is 2.32. The smallest absolute Gasteiger partial charge is 0.0443 e. The molecule has 0 aliphatic heterocycles. The van der Waals surface area contributed by atoms with E-state index in [1.165, 1.54) is 44.9 Å². The van der Waals surface area contributed by atoms with E-state index >= 15 is 0 Å². The van der Waals surface area contributed by atoms with Gasteiger partial charge in [-0.3, -0.25) is 0 Å². The standard InChI is InChI=1S/C13H25NO/c15-9-3-8-14-13-7-6-11-4-1-2-5-12(11)10-13/h11-15H,1-10H2. The molecule has 2 aliphatic carbocycles. The van der Waals surface area contributed by atoms with Crippen LogP contribution in [0.2, 0.25) is 0 Å². The Morgan fingerprint density at radius 1 is 1.00 bits per heavy atom. The van der Waals surface area contributed by atoms with Crippen molar-refractivity contribution in [3.63, 3.8) is 0 Å². The zero-order chi connectivity index (χ0) is 10.5. The Balaban J connectivity index is 1.71. The number of hydrogen-bond donors (Lipinski definition) is 2. The molecule has 88 valence electrons. The Labute approximate surface area is 93.5 Å². The summed E-state index contributed by atoms with van der Waals surface area (Å²) in [5, 5.41) is 12.3. The molecule has 0 heterocycles. The van der Waals surface area contributed by atoms with Crippen molar-refractivity contribution in [2.45, 2.75) is 57.4 Å². The van der Waals surface area contributed by atoms with Gasteiger partial charge in [-0.2, -0.15) is 0 Å². The van der Waals surface area contributed by atoms with Gasteiger partial charge in [-0.1, -0.05) is 25.7 Å². The summed E-state index contributed by atoms with van der Waals surface area (Å²) in [6.07, 6.45) is 11.0. The lowest BCUT2D eigenvalue weighted by atomic mass is 9.69. The van der Waals surface area contributed by atoms with Gasteiger partial charge < -0.3 is 10.4 Å². The molecular formula is C13H25NO. The third-order valence-electron chi connectivity index (χ3n) is 4.31. The highest BCUT2D eigenvalue weighted by Gasteiger charge is 2.31. The van der Waals surface area contributed by atoms with Gasteiger partial charge in [-0.05, 0) is 44.1 Å². The lowest BCUT2D eigenvalue weighted by Gasteiger charge is -2.39. The van der Waals surface area contributed by atoms with Crippen LogP contribution in [0.3, 0.4) is 0 Å². The van der Waals surface area contributed by atoms with Crippen molar-refractivity contribution in [1.29, 1.82) is 0 Å². The number of fused-ring (bicyclic) bond motifs is 1. The number of rotatable bonds is 4. The van der Waals surface area contributed by atoms with Gasteiger partial charge in [-0.15, -0.1) is 0 Å². The van der Waals surface area contributed by atoms with Crippen molar-refractivity contribution >= 4 is 0 Å². The van der Waals surface area contributed by atoms with Crippen molar-refractivity contribution in [2.75, 3.05) is 13.2 Å². The van der Waals surface area contributed by atoms with Crippen LogP contribution < -0.4 is 5.32 Å². The van der Waals surface area contributed by atoms with Crippen molar-refractivity contribution < 1.29 is 5.11 Å². The molecule has 0 saturated heterocycles. The minimum Gasteiger partial charge on any atom is -0.396 e. The summed E-state index contributed by atoms with van der Waals surface area (Å²) in [5.41, 5.74) is 0. The quantitative estimate of drug-likeness (QED) is 0.699. The highest BCUT2D eigenvalue weighted by atomic mass is 16.3. The third-order valence-corrected chi connectivity index (χ3v) is 4.31. The molecule has 0 bridgehead atoms. The van der Waals surface area contributed by atoms with Crippen LogP contribution in [0.25, 0.3) is 0 Å². The molecule has 2 N–H and O–H groups in total. The molecular weight excluding hydrogens is 186 g/mol. The summed E-state index contributed by atoms with van der Waals surface area (Å²) >= 11 is 0. The molecule has 0 amide bonds. The van der Waals surface area contributed by atoms with Crippen LogP contribution in [-0.2, 0) is 0 Å².